The predicted octanol–water partition coefficient (Wildman–Crippen LogP) is 3.79. The van der Waals surface area contributed by atoms with Gasteiger partial charge in [-0.3, -0.25) is 33.7 Å². The summed E-state index contributed by atoms with van der Waals surface area (Å²) in [6.45, 7) is 8.43. The van der Waals surface area contributed by atoms with Crippen LogP contribution in [0.2, 0.25) is 0 Å². The second-order valence-electron chi connectivity index (χ2n) is 10.7. The normalized spacial score (nSPS) is 12.1. The summed E-state index contributed by atoms with van der Waals surface area (Å²) < 4.78 is 4.93. The molecule has 12 nitrogen and oxygen atoms in total. The standard InChI is InChI=1S/C30H34N4O7.C4H11N.C2H6/c1-21(35)41-20-23-11-13-24(14-12-23)32-27(37)19-31-30(40)25(18-22-8-4-2-5-9-22)33-26(36)10-6-3-7-17-34-28(38)15-16-29(34)39;1-2-3-4-5;1-2/h2,4-5,8-9,11-16,25H,3,6-7,10,17-20H2,1H3,(H,31,40)(H,32,37)(H,33,36);2-5H2,1H3;1-2H3. The predicted molar refractivity (Wildman–Crippen MR) is 185 cm³/mol. The molecular weight excluding hydrogens is 614 g/mol. The van der Waals surface area contributed by atoms with Crippen molar-refractivity contribution in [1.82, 2.24) is 15.5 Å². The Morgan fingerprint density at radius 1 is 0.833 bits per heavy atom. The first-order valence-electron chi connectivity index (χ1n) is 16.5. The Balaban J connectivity index is 0.00000150. The van der Waals surface area contributed by atoms with E-state index < -0.39 is 17.9 Å². The minimum absolute atomic E-state index is 0.131. The Morgan fingerprint density at radius 2 is 1.48 bits per heavy atom. The van der Waals surface area contributed by atoms with Gasteiger partial charge < -0.3 is 26.4 Å². The SMILES string of the molecule is CC.CC(=O)OCc1ccc(NC(=O)CNC(=O)C(Cc2ccccc2)NC(=O)CCCCCN2C(=O)C=CC2=O)cc1.CCCCN. The van der Waals surface area contributed by atoms with E-state index in [0.717, 1.165) is 22.6 Å². The lowest BCUT2D eigenvalue weighted by atomic mass is 10.0. The second kappa shape index (κ2) is 24.3. The molecule has 0 bridgehead atoms. The average Bonchev–Trinajstić information content (AvgIpc) is 3.41. The molecular formula is C36H51N5O7. The Morgan fingerprint density at radius 3 is 2.04 bits per heavy atom. The molecule has 5 N–H and O–H groups in total. The van der Waals surface area contributed by atoms with Crippen molar-refractivity contribution >= 4 is 41.2 Å². The van der Waals surface area contributed by atoms with Crippen molar-refractivity contribution in [1.29, 1.82) is 0 Å². The molecule has 12 heteroatoms. The van der Waals surface area contributed by atoms with Crippen molar-refractivity contribution in [2.24, 2.45) is 5.73 Å². The number of nitrogens with two attached hydrogens (primary N) is 1. The van der Waals surface area contributed by atoms with Crippen LogP contribution in [-0.4, -0.2) is 66.1 Å². The van der Waals surface area contributed by atoms with Gasteiger partial charge in [0, 0.05) is 44.1 Å². The Labute approximate surface area is 283 Å². The summed E-state index contributed by atoms with van der Waals surface area (Å²) in [5, 5.41) is 8.04. The molecule has 3 rings (SSSR count). The van der Waals surface area contributed by atoms with Crippen LogP contribution in [0.1, 0.15) is 77.3 Å². The fraction of sp³-hybridized carbons (Fsp3) is 0.444. The number of imide groups is 1. The molecule has 5 amide bonds. The summed E-state index contributed by atoms with van der Waals surface area (Å²) >= 11 is 0. The van der Waals surface area contributed by atoms with Crippen molar-refractivity contribution in [2.45, 2.75) is 85.3 Å². The summed E-state index contributed by atoms with van der Waals surface area (Å²) in [6, 6.07) is 15.1. The quantitative estimate of drug-likeness (QED) is 0.112. The van der Waals surface area contributed by atoms with Gasteiger partial charge in [-0.25, -0.2) is 0 Å². The number of carbonyl (C=O) groups is 6. The van der Waals surface area contributed by atoms with Crippen molar-refractivity contribution in [3.63, 3.8) is 0 Å². The summed E-state index contributed by atoms with van der Waals surface area (Å²) in [6.07, 6.45) is 7.01. The second-order valence-corrected chi connectivity index (χ2v) is 10.7. The number of anilines is 1. The lowest BCUT2D eigenvalue weighted by Gasteiger charge is -2.19. The van der Waals surface area contributed by atoms with Crippen LogP contribution in [0.25, 0.3) is 0 Å². The number of hydrogen-bond acceptors (Lipinski definition) is 8. The van der Waals surface area contributed by atoms with E-state index in [1.165, 1.54) is 31.9 Å². The van der Waals surface area contributed by atoms with E-state index in [9.17, 15) is 28.8 Å². The van der Waals surface area contributed by atoms with Gasteiger partial charge >= 0.3 is 5.97 Å². The van der Waals surface area contributed by atoms with E-state index in [-0.39, 0.29) is 49.7 Å². The number of nitrogens with zero attached hydrogens (tertiary/aromatic N) is 1. The molecule has 2 aromatic carbocycles. The molecule has 0 aromatic heterocycles. The zero-order valence-electron chi connectivity index (χ0n) is 28.6. The van der Waals surface area contributed by atoms with Gasteiger partial charge in [-0.05, 0) is 49.1 Å². The first kappa shape index (κ1) is 41.2. The molecule has 0 saturated heterocycles. The summed E-state index contributed by atoms with van der Waals surface area (Å²) in [7, 11) is 0. The summed E-state index contributed by atoms with van der Waals surface area (Å²) in [4.78, 5) is 73.4. The van der Waals surface area contributed by atoms with Gasteiger partial charge in [-0.15, -0.1) is 0 Å². The molecule has 1 aliphatic heterocycles. The average molecular weight is 666 g/mol. The number of amides is 5. The Kier molecular flexibility index (Phi) is 20.9. The van der Waals surface area contributed by atoms with Crippen LogP contribution in [0, 0.1) is 0 Å². The van der Waals surface area contributed by atoms with E-state index in [1.807, 2.05) is 44.2 Å². The maximum absolute atomic E-state index is 13.0. The summed E-state index contributed by atoms with van der Waals surface area (Å²) in [5.41, 5.74) is 7.26. The zero-order chi connectivity index (χ0) is 35.7. The van der Waals surface area contributed by atoms with Crippen LogP contribution in [0.5, 0.6) is 0 Å². The minimum Gasteiger partial charge on any atom is -0.461 e. The molecule has 0 aliphatic carbocycles. The van der Waals surface area contributed by atoms with Gasteiger partial charge in [0.05, 0.1) is 6.54 Å². The Bertz CT molecular complexity index is 1310. The fourth-order valence-corrected chi connectivity index (χ4v) is 4.28. The highest BCUT2D eigenvalue weighted by molar-refractivity contribution is 6.12. The third-order valence-corrected chi connectivity index (χ3v) is 6.78. The van der Waals surface area contributed by atoms with Gasteiger partial charge in [0.25, 0.3) is 11.8 Å². The highest BCUT2D eigenvalue weighted by Gasteiger charge is 2.23. The van der Waals surface area contributed by atoms with E-state index >= 15 is 0 Å². The van der Waals surface area contributed by atoms with Gasteiger partial charge in [0.2, 0.25) is 17.7 Å². The molecule has 1 atom stereocenters. The number of esters is 1. The molecule has 0 saturated carbocycles. The van der Waals surface area contributed by atoms with Crippen LogP contribution in [0.3, 0.4) is 0 Å². The molecule has 48 heavy (non-hydrogen) atoms. The largest absolute Gasteiger partial charge is 0.461 e. The molecule has 2 aromatic rings. The molecule has 0 radical (unpaired) electrons. The number of unbranched alkanes of at least 4 members (excludes halogenated alkanes) is 3. The molecule has 262 valence electrons. The van der Waals surface area contributed by atoms with E-state index in [1.54, 1.807) is 24.3 Å². The van der Waals surface area contributed by atoms with Crippen molar-refractivity contribution < 1.29 is 33.5 Å². The number of benzene rings is 2. The Hall–Kier alpha value is -4.84. The van der Waals surface area contributed by atoms with Crippen molar-refractivity contribution in [2.75, 3.05) is 25.0 Å². The van der Waals surface area contributed by atoms with Crippen LogP contribution in [-0.2, 0) is 46.5 Å². The van der Waals surface area contributed by atoms with Gasteiger partial charge in [0.15, 0.2) is 0 Å². The number of hydrogen-bond donors (Lipinski definition) is 4. The lowest BCUT2D eigenvalue weighted by Crippen LogP contribution is -2.49. The number of ether oxygens (including phenoxy) is 1. The van der Waals surface area contributed by atoms with Crippen molar-refractivity contribution in [3.05, 3.63) is 77.9 Å². The smallest absolute Gasteiger partial charge is 0.302 e. The lowest BCUT2D eigenvalue weighted by molar-refractivity contribution is -0.142. The van der Waals surface area contributed by atoms with E-state index in [4.69, 9.17) is 10.5 Å². The van der Waals surface area contributed by atoms with Gasteiger partial charge in [-0.2, -0.15) is 0 Å². The maximum atomic E-state index is 13.0. The number of rotatable bonds is 17. The van der Waals surface area contributed by atoms with Gasteiger partial charge in [0.1, 0.15) is 12.6 Å². The maximum Gasteiger partial charge on any atom is 0.302 e. The third kappa shape index (κ3) is 17.2. The monoisotopic (exact) mass is 665 g/mol. The molecule has 1 aliphatic rings. The molecule has 0 fully saturated rings. The van der Waals surface area contributed by atoms with Crippen molar-refractivity contribution in [3.8, 4) is 0 Å². The molecule has 1 unspecified atom stereocenters. The van der Waals surface area contributed by atoms with E-state index in [0.29, 0.717) is 31.5 Å². The van der Waals surface area contributed by atoms with E-state index in [2.05, 4.69) is 22.9 Å². The minimum atomic E-state index is -0.885. The number of carbonyl (C=O) groups excluding carboxylic acids is 6. The van der Waals surface area contributed by atoms with Crippen LogP contribution >= 0.6 is 0 Å². The first-order valence-corrected chi connectivity index (χ1v) is 16.5. The highest BCUT2D eigenvalue weighted by Crippen LogP contribution is 2.11. The third-order valence-electron chi connectivity index (χ3n) is 6.78. The molecule has 0 spiro atoms. The summed E-state index contributed by atoms with van der Waals surface area (Å²) in [5.74, 6) is -2.29. The highest BCUT2D eigenvalue weighted by atomic mass is 16.5. The fourth-order valence-electron chi connectivity index (χ4n) is 4.28. The van der Waals surface area contributed by atoms with Crippen LogP contribution in [0.15, 0.2) is 66.7 Å². The van der Waals surface area contributed by atoms with Crippen LogP contribution < -0.4 is 21.7 Å². The van der Waals surface area contributed by atoms with Gasteiger partial charge in [-0.1, -0.05) is 76.1 Å². The first-order chi connectivity index (χ1) is 23.1. The van der Waals surface area contributed by atoms with Crippen LogP contribution in [0.4, 0.5) is 5.69 Å². The topological polar surface area (TPSA) is 177 Å². The zero-order valence-corrected chi connectivity index (χ0v) is 28.6. The number of nitrogens with one attached hydrogen (secondary N) is 3. The molecule has 1 heterocycles.